The molecule has 1 heterocycles. The van der Waals surface area contributed by atoms with Crippen LogP contribution >= 0.6 is 0 Å². The highest BCUT2D eigenvalue weighted by atomic mass is 32.3. The second-order valence-corrected chi connectivity index (χ2v) is 16.8. The Bertz CT molecular complexity index is 1740. The van der Waals surface area contributed by atoms with E-state index in [0.29, 0.717) is 15.8 Å². The van der Waals surface area contributed by atoms with E-state index in [4.69, 9.17) is 5.73 Å². The van der Waals surface area contributed by atoms with Crippen LogP contribution in [0.1, 0.15) is 129 Å². The molecule has 52 heavy (non-hydrogen) atoms. The van der Waals surface area contributed by atoms with E-state index in [9.17, 15) is 36.9 Å². The van der Waals surface area contributed by atoms with Crippen LogP contribution < -0.4 is 9.44 Å². The molecule has 1 aliphatic rings. The van der Waals surface area contributed by atoms with Crippen molar-refractivity contribution in [3.63, 3.8) is 0 Å². The van der Waals surface area contributed by atoms with E-state index in [0.717, 1.165) is 11.9 Å². The predicted octanol–water partition coefficient (Wildman–Crippen LogP) is 7.71. The Morgan fingerprint density at radius 3 is 1.23 bits per heavy atom. The highest BCUT2D eigenvalue weighted by Crippen LogP contribution is 2.39. The quantitative estimate of drug-likeness (QED) is 0.106. The summed E-state index contributed by atoms with van der Waals surface area (Å²) in [6.45, 7) is 31.7. The third kappa shape index (κ3) is 14.6. The van der Waals surface area contributed by atoms with Gasteiger partial charge in [0.25, 0.3) is 0 Å². The first-order valence-electron chi connectivity index (χ1n) is 17.0. The predicted molar refractivity (Wildman–Crippen MR) is 207 cm³/mol. The van der Waals surface area contributed by atoms with E-state index in [-0.39, 0.29) is 29.1 Å². The number of hydrogen-bond donors (Lipinski definition) is 1. The van der Waals surface area contributed by atoms with Gasteiger partial charge in [-0.2, -0.15) is 16.8 Å². The Morgan fingerprint density at radius 2 is 1.04 bits per heavy atom. The van der Waals surface area contributed by atoms with Crippen LogP contribution in [0.3, 0.4) is 0 Å². The zero-order valence-corrected chi connectivity index (χ0v) is 34.9. The fourth-order valence-electron chi connectivity index (χ4n) is 5.04. The van der Waals surface area contributed by atoms with Crippen molar-refractivity contribution >= 4 is 55.5 Å². The van der Waals surface area contributed by atoms with Crippen molar-refractivity contribution in [2.45, 2.75) is 107 Å². The number of nitrogens with two attached hydrogens (primary N) is 1. The average molecular weight is 798 g/mol. The Labute approximate surface area is 312 Å². The van der Waals surface area contributed by atoms with Crippen molar-refractivity contribution in [2.24, 2.45) is 0 Å². The maximum Gasteiger partial charge on any atom is 0.536 e. The molecule has 0 aromatic heterocycles. The Balaban J connectivity index is 0.000000720. The number of para-hydroxylation sites is 2. The number of hydrogen-bond acceptors (Lipinski definition) is 8. The number of nitrogens with zero attached hydrogens (tertiary/aromatic N) is 4. The highest BCUT2D eigenvalue weighted by Gasteiger charge is 2.38. The molecule has 11 nitrogen and oxygen atoms in total. The summed E-state index contributed by atoms with van der Waals surface area (Å²) >= 11 is 0. The zero-order valence-electron chi connectivity index (χ0n) is 32.4. The third-order valence-corrected chi connectivity index (χ3v) is 11.1. The molecule has 1 aliphatic heterocycles. The van der Waals surface area contributed by atoms with Gasteiger partial charge >= 0.3 is 31.2 Å². The Hall–Kier alpha value is -3.28. The van der Waals surface area contributed by atoms with E-state index in [1.54, 1.807) is 33.8 Å². The van der Waals surface area contributed by atoms with Crippen molar-refractivity contribution in [3.8, 4) is 0 Å². The molecule has 0 radical (unpaired) electrons. The van der Waals surface area contributed by atoms with Crippen LogP contribution in [-0.2, 0) is 31.2 Å². The van der Waals surface area contributed by atoms with Gasteiger partial charge in [0, 0.05) is 12.2 Å². The SMILES string of the molecule is C=[N+]1[CH-]C=[N+](S(=O)(=O)F)[C-]1C.CC(C)c1cccc(C(C)C)c1N.CC(C)c1cccc(C(C)C)c1N(S(=O)(=O)F)S(=O)(=O)F.CCN(CC)CC. The van der Waals surface area contributed by atoms with Gasteiger partial charge in [0.15, 0.2) is 0 Å². The van der Waals surface area contributed by atoms with Gasteiger partial charge in [-0.1, -0.05) is 131 Å². The maximum atomic E-state index is 13.4. The minimum absolute atomic E-state index is 0.215. The summed E-state index contributed by atoms with van der Waals surface area (Å²) in [5.74, 6) is 0.367. The van der Waals surface area contributed by atoms with E-state index < -0.39 is 40.6 Å². The van der Waals surface area contributed by atoms with Gasteiger partial charge in [-0.25, -0.2) is 0 Å². The molecule has 2 aromatic carbocycles. The first-order chi connectivity index (χ1) is 23.7. The molecular formula is C35H58F3N5O6S3. The standard InChI is InChI=1S/C12H17F2NO4S2.C12H19N.C6H15N.C5H7FN2O2S/c1-8(2)10-6-5-7-11(9(3)4)12(10)15(20(13,16)17)21(14,18)19;1-8(2)10-6-5-7-11(9(3)4)12(10)13;1-4-7(5-2)6-3;1-5-7(2)3-4-8(5)11(6,9)10/h5-9H,1-4H3;5-9H,13H2,1-4H3;4-6H2,1-3H3;3-4H,2H2,1H3. The van der Waals surface area contributed by atoms with Crippen molar-refractivity contribution in [3.05, 3.63) is 71.4 Å². The molecule has 0 bridgehead atoms. The second kappa shape index (κ2) is 20.8. The summed E-state index contributed by atoms with van der Waals surface area (Å²) in [5, 5.41) is 0. The van der Waals surface area contributed by atoms with E-state index in [1.807, 2.05) is 0 Å². The van der Waals surface area contributed by atoms with Crippen LogP contribution in [0.2, 0.25) is 0 Å². The molecule has 0 unspecified atom stereocenters. The van der Waals surface area contributed by atoms with Crippen molar-refractivity contribution in [1.29, 1.82) is 0 Å². The number of benzene rings is 2. The smallest absolute Gasteiger partial charge is 0.434 e. The van der Waals surface area contributed by atoms with Crippen LogP contribution in [0.4, 0.5) is 23.0 Å². The van der Waals surface area contributed by atoms with Gasteiger partial charge in [-0.3, -0.25) is 0 Å². The van der Waals surface area contributed by atoms with Gasteiger partial charge in [0.05, 0.1) is 5.69 Å². The first-order valence-corrected chi connectivity index (χ1v) is 21.0. The van der Waals surface area contributed by atoms with Crippen LogP contribution in [-0.4, -0.2) is 71.3 Å². The second-order valence-electron chi connectivity index (χ2n) is 13.0. The molecule has 2 aromatic rings. The van der Waals surface area contributed by atoms with Crippen LogP contribution in [0.25, 0.3) is 0 Å². The summed E-state index contributed by atoms with van der Waals surface area (Å²) < 4.78 is 105. The summed E-state index contributed by atoms with van der Waals surface area (Å²) in [5.41, 5.74) is 9.58. The zero-order chi connectivity index (χ0) is 40.9. The van der Waals surface area contributed by atoms with Crippen molar-refractivity contribution in [2.75, 3.05) is 29.1 Å². The summed E-state index contributed by atoms with van der Waals surface area (Å²) in [6.07, 6.45) is 1.31. The number of halogens is 3. The molecule has 0 spiro atoms. The Morgan fingerprint density at radius 1 is 0.712 bits per heavy atom. The molecule has 0 fully saturated rings. The van der Waals surface area contributed by atoms with Gasteiger partial charge in [-0.15, -0.1) is 16.1 Å². The summed E-state index contributed by atoms with van der Waals surface area (Å²) in [7, 11) is -16.3. The molecule has 3 rings (SSSR count). The number of anilines is 2. The molecule has 0 saturated carbocycles. The van der Waals surface area contributed by atoms with Crippen LogP contribution in [0.15, 0.2) is 36.4 Å². The fraction of sp³-hybridized carbons (Fsp3) is 0.543. The minimum Gasteiger partial charge on any atom is -0.434 e. The largest absolute Gasteiger partial charge is 0.536 e. The fourth-order valence-corrected chi connectivity index (χ4v) is 7.37. The average Bonchev–Trinajstić information content (AvgIpc) is 3.35. The summed E-state index contributed by atoms with van der Waals surface area (Å²) in [6, 6.07) is 10.8. The Kier molecular flexibility index (Phi) is 19.5. The van der Waals surface area contributed by atoms with Gasteiger partial charge in [-0.05, 0) is 72.5 Å². The lowest BCUT2D eigenvalue weighted by molar-refractivity contribution is -0.585. The lowest BCUT2D eigenvalue weighted by Gasteiger charge is -2.24. The number of rotatable bonds is 11. The van der Waals surface area contributed by atoms with Gasteiger partial charge < -0.3 is 15.2 Å². The molecule has 0 amide bonds. The lowest BCUT2D eigenvalue weighted by atomic mass is 9.93. The molecule has 0 aliphatic carbocycles. The molecule has 2 N–H and O–H groups in total. The molecular weight excluding hydrogens is 740 g/mol. The van der Waals surface area contributed by atoms with E-state index in [2.05, 4.69) is 78.3 Å². The van der Waals surface area contributed by atoms with Crippen LogP contribution in [0.5, 0.6) is 0 Å². The normalized spacial score (nSPS) is 13.3. The topological polar surface area (TPSA) is 141 Å². The molecule has 17 heteroatoms. The van der Waals surface area contributed by atoms with E-state index >= 15 is 0 Å². The first kappa shape index (κ1) is 48.7. The molecule has 0 saturated heterocycles. The summed E-state index contributed by atoms with van der Waals surface area (Å²) in [4.78, 5) is 2.38. The van der Waals surface area contributed by atoms with Gasteiger partial charge in [0.2, 0.25) is 6.17 Å². The number of nitrogen functional groups attached to an aromatic ring is 1. The van der Waals surface area contributed by atoms with Crippen molar-refractivity contribution < 1.29 is 45.5 Å². The van der Waals surface area contributed by atoms with E-state index in [1.165, 1.54) is 60.9 Å². The van der Waals surface area contributed by atoms with Crippen LogP contribution in [0, 0.1) is 12.7 Å². The third-order valence-electron chi connectivity index (χ3n) is 8.03. The monoisotopic (exact) mass is 797 g/mol. The van der Waals surface area contributed by atoms with Gasteiger partial charge in [0.1, 0.15) is 6.21 Å². The maximum absolute atomic E-state index is 13.4. The highest BCUT2D eigenvalue weighted by molar-refractivity contribution is 8.05. The van der Waals surface area contributed by atoms with Crippen molar-refractivity contribution in [1.82, 2.24) is 4.90 Å². The molecule has 298 valence electrons. The minimum atomic E-state index is -5.82. The lowest BCUT2D eigenvalue weighted by Crippen LogP contribution is -2.33. The molecule has 0 atom stereocenters.